The van der Waals surface area contributed by atoms with E-state index in [1.807, 2.05) is 0 Å². The van der Waals surface area contributed by atoms with E-state index in [1.54, 1.807) is 24.3 Å². The smallest absolute Gasteiger partial charge is 0.308 e. The molecule has 0 aromatic heterocycles. The third-order valence-electron chi connectivity index (χ3n) is 6.62. The maximum Gasteiger partial charge on any atom is 0.308 e. The lowest BCUT2D eigenvalue weighted by Crippen LogP contribution is -2.12. The topological polar surface area (TPSA) is 149 Å². The van der Waals surface area contributed by atoms with Gasteiger partial charge in [0.2, 0.25) is 0 Å². The summed E-state index contributed by atoms with van der Waals surface area (Å²) in [7, 11) is 0. The highest BCUT2D eigenvalue weighted by atomic mass is 16.6. The number of benzene rings is 3. The molecule has 2 aromatic rings. The molecule has 0 bridgehead atoms. The van der Waals surface area contributed by atoms with Gasteiger partial charge in [-0.3, -0.25) is 28.8 Å². The van der Waals surface area contributed by atoms with Crippen LogP contribution in [0.25, 0.3) is 11.1 Å². The van der Waals surface area contributed by atoms with Crippen LogP contribution in [0.4, 0.5) is 0 Å². The zero-order chi connectivity index (χ0) is 30.5. The number of fused-ring (bicyclic) bond motifs is 2. The zero-order valence-electron chi connectivity index (χ0n) is 23.2. The maximum absolute atomic E-state index is 14.1. The number of hydrogen-bond acceptors (Lipinski definition) is 11. The summed E-state index contributed by atoms with van der Waals surface area (Å²) in [6, 6.07) is 10.5. The Morgan fingerprint density at radius 1 is 0.524 bits per heavy atom. The number of Topliss-reactive ketones (excluding diaryl/α,β-unsaturated/α-hetero) is 1. The molecule has 0 radical (unpaired) electrons. The Morgan fingerprint density at radius 2 is 1.00 bits per heavy atom. The highest BCUT2D eigenvalue weighted by Crippen LogP contribution is 2.66. The highest BCUT2D eigenvalue weighted by Gasteiger charge is 2.52. The van der Waals surface area contributed by atoms with Crippen LogP contribution < -0.4 is 23.7 Å². The second-order valence-electron chi connectivity index (χ2n) is 9.78. The van der Waals surface area contributed by atoms with Crippen molar-refractivity contribution in [3.05, 3.63) is 64.7 Å². The van der Waals surface area contributed by atoms with Gasteiger partial charge in [-0.05, 0) is 29.3 Å². The summed E-state index contributed by atoms with van der Waals surface area (Å²) in [6.45, 7) is 6.11. The van der Waals surface area contributed by atoms with Gasteiger partial charge in [-0.1, -0.05) is 12.1 Å². The van der Waals surface area contributed by atoms with Crippen LogP contribution in [0, 0.1) is 0 Å². The normalized spacial score (nSPS) is 15.8. The van der Waals surface area contributed by atoms with Gasteiger partial charge >= 0.3 is 29.8 Å². The lowest BCUT2D eigenvalue weighted by atomic mass is 9.84. The molecular weight excluding hydrogens is 548 g/mol. The lowest BCUT2D eigenvalue weighted by Gasteiger charge is -2.19. The highest BCUT2D eigenvalue weighted by molar-refractivity contribution is 6.12. The van der Waals surface area contributed by atoms with Crippen LogP contribution >= 0.6 is 0 Å². The molecule has 0 unspecified atom stereocenters. The summed E-state index contributed by atoms with van der Waals surface area (Å²) in [5, 5.41) is 0. The Hall–Kier alpha value is -5.32. The Labute approximate surface area is 239 Å². The first-order valence-corrected chi connectivity index (χ1v) is 12.8. The fourth-order valence-corrected chi connectivity index (χ4v) is 5.40. The van der Waals surface area contributed by atoms with Gasteiger partial charge in [0, 0.05) is 74.9 Å². The van der Waals surface area contributed by atoms with Crippen LogP contribution in [0.15, 0.2) is 42.5 Å². The van der Waals surface area contributed by atoms with E-state index in [9.17, 15) is 28.8 Å². The molecule has 0 saturated heterocycles. The zero-order valence-corrected chi connectivity index (χ0v) is 23.2. The molecular formula is C31H24O11. The molecule has 0 amide bonds. The van der Waals surface area contributed by atoms with Crippen LogP contribution in [0.3, 0.4) is 0 Å². The van der Waals surface area contributed by atoms with Gasteiger partial charge in [0.1, 0.15) is 28.7 Å². The second kappa shape index (κ2) is 10.6. The van der Waals surface area contributed by atoms with E-state index in [-0.39, 0.29) is 40.1 Å². The Morgan fingerprint density at radius 3 is 1.50 bits per heavy atom. The number of carbonyl (C=O) groups excluding carboxylic acids is 6. The quantitative estimate of drug-likeness (QED) is 0.229. The summed E-state index contributed by atoms with van der Waals surface area (Å²) in [6.07, 6.45) is 0. The summed E-state index contributed by atoms with van der Waals surface area (Å²) in [5.74, 6) is -4.51. The molecule has 214 valence electrons. The van der Waals surface area contributed by atoms with Gasteiger partial charge in [0.15, 0.2) is 5.78 Å². The van der Waals surface area contributed by atoms with Crippen LogP contribution in [0.1, 0.15) is 73.5 Å². The molecule has 3 aliphatic rings. The minimum atomic E-state index is -0.897. The second-order valence-corrected chi connectivity index (χ2v) is 9.78. The number of ether oxygens (including phenoxy) is 5. The van der Waals surface area contributed by atoms with Crippen molar-refractivity contribution in [1.29, 1.82) is 0 Å². The first-order chi connectivity index (χ1) is 19.8. The minimum Gasteiger partial charge on any atom is -0.427 e. The summed E-state index contributed by atoms with van der Waals surface area (Å²) >= 11 is 0. The van der Waals surface area contributed by atoms with E-state index < -0.39 is 41.7 Å². The average molecular weight is 573 g/mol. The molecule has 2 aromatic carbocycles. The monoisotopic (exact) mass is 572 g/mol. The predicted molar refractivity (Wildman–Crippen MR) is 144 cm³/mol. The summed E-state index contributed by atoms with van der Waals surface area (Å²) in [4.78, 5) is 73.2. The summed E-state index contributed by atoms with van der Waals surface area (Å²) in [5.41, 5.74) is 2.56. The third-order valence-corrected chi connectivity index (χ3v) is 6.62. The van der Waals surface area contributed by atoms with Crippen LogP contribution in [0.5, 0.6) is 28.7 Å². The van der Waals surface area contributed by atoms with Crippen LogP contribution in [0.2, 0.25) is 0 Å². The van der Waals surface area contributed by atoms with Crippen molar-refractivity contribution in [2.75, 3.05) is 0 Å². The van der Waals surface area contributed by atoms with E-state index in [1.165, 1.54) is 52.8 Å². The van der Waals surface area contributed by atoms with Crippen molar-refractivity contribution < 1.29 is 52.5 Å². The Bertz CT molecular complexity index is 1680. The van der Waals surface area contributed by atoms with Gasteiger partial charge in [-0.2, -0.15) is 0 Å². The molecule has 0 spiro atoms. The van der Waals surface area contributed by atoms with Crippen molar-refractivity contribution in [2.24, 2.45) is 0 Å². The summed E-state index contributed by atoms with van der Waals surface area (Å²) < 4.78 is 26.7. The van der Waals surface area contributed by atoms with Crippen LogP contribution in [-0.4, -0.2) is 35.6 Å². The molecule has 11 nitrogen and oxygen atoms in total. The van der Waals surface area contributed by atoms with E-state index in [0.717, 1.165) is 0 Å². The van der Waals surface area contributed by atoms with Crippen LogP contribution in [-0.2, 0) is 24.0 Å². The van der Waals surface area contributed by atoms with Crippen molar-refractivity contribution in [2.45, 2.75) is 46.5 Å². The number of carbonyl (C=O) groups is 6. The van der Waals surface area contributed by atoms with Crippen molar-refractivity contribution in [1.82, 2.24) is 0 Å². The number of esters is 5. The molecule has 5 rings (SSSR count). The fourth-order valence-electron chi connectivity index (χ4n) is 5.40. The number of rotatable bonds is 7. The minimum absolute atomic E-state index is 0.000594. The molecule has 2 atom stereocenters. The molecule has 3 aliphatic carbocycles. The van der Waals surface area contributed by atoms with Crippen molar-refractivity contribution in [3.63, 3.8) is 0 Å². The largest absolute Gasteiger partial charge is 0.427 e. The maximum atomic E-state index is 14.1. The predicted octanol–water partition coefficient (Wildman–Crippen LogP) is 4.41. The first-order valence-electron chi connectivity index (χ1n) is 12.8. The third kappa shape index (κ3) is 5.24. The fraction of sp³-hybridized carbons (Fsp3) is 0.226. The molecule has 11 heteroatoms. The SMILES string of the molecule is CC(=O)Oc1ccc([C@H]2C(=O)c3cc(OC(C)=O)cc(OC(C)=O)c3[C@@H]2c2c3c(OC(C)=O)cc(OC(C)=O)c2-3)cc1. The van der Waals surface area contributed by atoms with Gasteiger partial charge in [0.25, 0.3) is 0 Å². The Balaban J connectivity index is 1.74. The van der Waals surface area contributed by atoms with Gasteiger partial charge in [0.05, 0.1) is 5.92 Å². The van der Waals surface area contributed by atoms with Gasteiger partial charge in [-0.15, -0.1) is 0 Å². The molecule has 0 fully saturated rings. The molecule has 0 aliphatic heterocycles. The van der Waals surface area contributed by atoms with Gasteiger partial charge < -0.3 is 23.7 Å². The average Bonchev–Trinajstić information content (AvgIpc) is 3.41. The molecule has 0 saturated carbocycles. The van der Waals surface area contributed by atoms with E-state index >= 15 is 0 Å². The molecule has 0 N–H and O–H groups in total. The molecule has 0 heterocycles. The van der Waals surface area contributed by atoms with E-state index in [0.29, 0.717) is 27.8 Å². The molecule has 42 heavy (non-hydrogen) atoms. The number of hydrogen-bond donors (Lipinski definition) is 0. The van der Waals surface area contributed by atoms with E-state index in [2.05, 4.69) is 0 Å². The van der Waals surface area contributed by atoms with E-state index in [4.69, 9.17) is 23.7 Å². The van der Waals surface area contributed by atoms with Crippen molar-refractivity contribution in [3.8, 4) is 39.9 Å². The lowest BCUT2D eigenvalue weighted by molar-refractivity contribution is -0.133. The first kappa shape index (κ1) is 28.2. The Kier molecular flexibility index (Phi) is 7.11. The number of ketones is 1. The van der Waals surface area contributed by atoms with Gasteiger partial charge in [-0.25, -0.2) is 0 Å². The van der Waals surface area contributed by atoms with Crippen molar-refractivity contribution >= 4 is 35.6 Å². The standard InChI is InChI=1S/C31H24O11/c1-13(32)38-19-8-6-18(7-9-19)25-29(30-27-23(41-16(4)35)12-24(28(27)30)42-17(5)36)26-21(31(25)37)10-20(39-14(2)33)11-22(26)40-15(3)34/h6-12,25,29H,1-5H3/t25-,29-/m1/s1.